The molecule has 1 aromatic carbocycles. The van der Waals surface area contributed by atoms with E-state index in [-0.39, 0.29) is 11.2 Å². The first kappa shape index (κ1) is 22.7. The molecule has 2 aromatic rings. The monoisotopic (exact) mass is 450 g/mol. The summed E-state index contributed by atoms with van der Waals surface area (Å²) in [7, 11) is 0. The summed E-state index contributed by atoms with van der Waals surface area (Å²) in [6, 6.07) is 6.14. The summed E-state index contributed by atoms with van der Waals surface area (Å²) in [5.41, 5.74) is -0.593. The van der Waals surface area contributed by atoms with Crippen molar-refractivity contribution in [3.8, 4) is 5.75 Å². The predicted molar refractivity (Wildman–Crippen MR) is 111 cm³/mol. The van der Waals surface area contributed by atoms with Crippen LogP contribution in [0.25, 0.3) is 11.0 Å². The molecule has 1 saturated heterocycles. The van der Waals surface area contributed by atoms with Crippen LogP contribution in [0.3, 0.4) is 0 Å². The van der Waals surface area contributed by atoms with E-state index >= 15 is 0 Å². The van der Waals surface area contributed by atoms with Gasteiger partial charge in [-0.05, 0) is 19.1 Å². The normalized spacial score (nSPS) is 23.1. The minimum atomic E-state index is -1.04. The third-order valence-corrected chi connectivity index (χ3v) is 5.59. The topological polar surface area (TPSA) is 118 Å². The molecule has 0 aliphatic carbocycles. The lowest BCUT2D eigenvalue weighted by molar-refractivity contribution is -0.186. The van der Waals surface area contributed by atoms with Crippen LogP contribution in [-0.4, -0.2) is 47.4 Å². The van der Waals surface area contributed by atoms with Crippen molar-refractivity contribution in [2.75, 3.05) is 5.75 Å². The largest absolute Gasteiger partial charge is 0.476 e. The van der Waals surface area contributed by atoms with Gasteiger partial charge in [-0.2, -0.15) is 0 Å². The van der Waals surface area contributed by atoms with E-state index in [1.807, 2.05) is 0 Å². The van der Waals surface area contributed by atoms with Gasteiger partial charge in [0.15, 0.2) is 29.2 Å². The number of thioether (sulfide) groups is 1. The Morgan fingerprint density at radius 2 is 1.61 bits per heavy atom. The van der Waals surface area contributed by atoms with Gasteiger partial charge in [0.25, 0.3) is 0 Å². The molecule has 10 heteroatoms. The van der Waals surface area contributed by atoms with E-state index < -0.39 is 41.7 Å². The Hall–Kier alpha value is -3.01. The van der Waals surface area contributed by atoms with Crippen molar-refractivity contribution in [1.29, 1.82) is 0 Å². The quantitative estimate of drug-likeness (QED) is 0.496. The molecule has 166 valence electrons. The van der Waals surface area contributed by atoms with E-state index in [1.165, 1.54) is 38.6 Å². The second-order valence-electron chi connectivity index (χ2n) is 6.99. The Labute approximate surface area is 182 Å². The van der Waals surface area contributed by atoms with Crippen LogP contribution in [-0.2, 0) is 28.6 Å². The van der Waals surface area contributed by atoms with Crippen molar-refractivity contribution in [2.24, 2.45) is 0 Å². The predicted octanol–water partition coefficient (Wildman–Crippen LogP) is 2.35. The summed E-state index contributed by atoms with van der Waals surface area (Å²) in [6.45, 7) is 5.33. The van der Waals surface area contributed by atoms with Crippen LogP contribution in [0.15, 0.2) is 33.5 Å². The zero-order valence-electron chi connectivity index (χ0n) is 17.4. The van der Waals surface area contributed by atoms with Crippen LogP contribution in [0.4, 0.5) is 0 Å². The Bertz CT molecular complexity index is 1060. The molecule has 0 unspecified atom stereocenters. The number of carbonyl (C=O) groups excluding carboxylic acids is 3. The fourth-order valence-corrected chi connectivity index (χ4v) is 4.49. The molecule has 1 aliphatic heterocycles. The summed E-state index contributed by atoms with van der Waals surface area (Å²) in [5.74, 6) is -0.708. The number of hydrogen-bond donors (Lipinski definition) is 0. The number of hydrogen-bond acceptors (Lipinski definition) is 10. The van der Waals surface area contributed by atoms with Crippen LogP contribution < -0.4 is 10.2 Å². The maximum Gasteiger partial charge on any atom is 0.303 e. The van der Waals surface area contributed by atoms with Gasteiger partial charge in [0.1, 0.15) is 17.1 Å². The standard InChI is InChI=1S/C21H22O9S/c1-10-7-16(25)15-6-5-14(8-17(15)26-10)30-21-20(29-13(4)24)19(28-12(3)23)18(9-31-21)27-11(2)22/h5-8,18-21H,9H2,1-4H3/t18-,19+,20-,21+/m1/s1. The highest BCUT2D eigenvalue weighted by atomic mass is 32.2. The van der Waals surface area contributed by atoms with Crippen LogP contribution >= 0.6 is 11.8 Å². The molecular weight excluding hydrogens is 428 g/mol. The molecule has 3 rings (SSSR count). The maximum absolute atomic E-state index is 12.1. The molecule has 2 heterocycles. The van der Waals surface area contributed by atoms with Crippen molar-refractivity contribution in [3.05, 3.63) is 40.2 Å². The average molecular weight is 450 g/mol. The van der Waals surface area contributed by atoms with Crippen molar-refractivity contribution in [1.82, 2.24) is 0 Å². The summed E-state index contributed by atoms with van der Waals surface area (Å²) in [6.07, 6.45) is -2.89. The Kier molecular flexibility index (Phi) is 6.89. The minimum Gasteiger partial charge on any atom is -0.476 e. The smallest absolute Gasteiger partial charge is 0.303 e. The molecule has 0 radical (unpaired) electrons. The molecule has 9 nitrogen and oxygen atoms in total. The zero-order chi connectivity index (χ0) is 22.7. The summed E-state index contributed by atoms with van der Waals surface area (Å²) >= 11 is 1.24. The highest BCUT2D eigenvalue weighted by molar-refractivity contribution is 7.99. The molecule has 1 fully saturated rings. The summed E-state index contributed by atoms with van der Waals surface area (Å²) < 4.78 is 27.6. The number of esters is 3. The van der Waals surface area contributed by atoms with Crippen molar-refractivity contribution in [2.45, 2.75) is 51.4 Å². The minimum absolute atomic E-state index is 0.172. The molecule has 0 N–H and O–H groups in total. The second-order valence-corrected chi connectivity index (χ2v) is 8.13. The Balaban J connectivity index is 1.92. The fourth-order valence-electron chi connectivity index (χ4n) is 3.27. The van der Waals surface area contributed by atoms with Gasteiger partial charge in [-0.1, -0.05) is 0 Å². The molecule has 0 bridgehead atoms. The number of ether oxygens (including phenoxy) is 4. The molecule has 0 amide bonds. The highest BCUT2D eigenvalue weighted by Gasteiger charge is 2.47. The maximum atomic E-state index is 12.1. The first-order valence-corrected chi connectivity index (χ1v) is 10.5. The highest BCUT2D eigenvalue weighted by Crippen LogP contribution is 2.34. The van der Waals surface area contributed by atoms with Gasteiger partial charge in [-0.25, -0.2) is 0 Å². The zero-order valence-corrected chi connectivity index (χ0v) is 18.2. The molecule has 0 saturated carbocycles. The van der Waals surface area contributed by atoms with Crippen LogP contribution in [0.1, 0.15) is 26.5 Å². The Morgan fingerprint density at radius 1 is 0.968 bits per heavy atom. The molecule has 31 heavy (non-hydrogen) atoms. The van der Waals surface area contributed by atoms with Gasteiger partial charge in [0.2, 0.25) is 0 Å². The first-order chi connectivity index (χ1) is 14.6. The van der Waals surface area contributed by atoms with Crippen LogP contribution in [0.5, 0.6) is 5.75 Å². The van der Waals surface area contributed by atoms with E-state index in [4.69, 9.17) is 23.4 Å². The van der Waals surface area contributed by atoms with E-state index in [0.717, 1.165) is 0 Å². The molecule has 4 atom stereocenters. The van der Waals surface area contributed by atoms with Crippen molar-refractivity contribution in [3.63, 3.8) is 0 Å². The molecule has 1 aromatic heterocycles. The van der Waals surface area contributed by atoms with Gasteiger partial charge in [-0.15, -0.1) is 11.8 Å². The molecule has 0 spiro atoms. The number of carbonyl (C=O) groups is 3. The van der Waals surface area contributed by atoms with Gasteiger partial charge in [0.05, 0.1) is 5.39 Å². The lowest BCUT2D eigenvalue weighted by Gasteiger charge is -2.39. The Morgan fingerprint density at radius 3 is 2.26 bits per heavy atom. The van der Waals surface area contributed by atoms with E-state index in [1.54, 1.807) is 25.1 Å². The SMILES string of the molecule is CC(=O)O[C@@H]1[C@@H](OC(C)=O)[C@@H](Oc2ccc3c(=O)cc(C)oc3c2)SC[C@H]1OC(C)=O. The molecular formula is C21H22O9S. The summed E-state index contributed by atoms with van der Waals surface area (Å²) in [4.78, 5) is 47.0. The number of rotatable bonds is 5. The van der Waals surface area contributed by atoms with Gasteiger partial charge >= 0.3 is 17.9 Å². The summed E-state index contributed by atoms with van der Waals surface area (Å²) in [5, 5.41) is 0.401. The lowest BCUT2D eigenvalue weighted by atomic mass is 10.1. The third-order valence-electron chi connectivity index (χ3n) is 4.38. The number of benzene rings is 1. The van der Waals surface area contributed by atoms with Crippen molar-refractivity contribution >= 4 is 40.6 Å². The van der Waals surface area contributed by atoms with Gasteiger partial charge in [0, 0.05) is 38.7 Å². The lowest BCUT2D eigenvalue weighted by Crippen LogP contribution is -2.55. The first-order valence-electron chi connectivity index (χ1n) is 9.48. The third kappa shape index (κ3) is 5.57. The number of aryl methyl sites for hydroxylation is 1. The van der Waals surface area contributed by atoms with E-state index in [0.29, 0.717) is 22.5 Å². The molecule has 1 aliphatic rings. The second kappa shape index (κ2) is 9.42. The van der Waals surface area contributed by atoms with Crippen LogP contribution in [0.2, 0.25) is 0 Å². The van der Waals surface area contributed by atoms with E-state index in [9.17, 15) is 19.2 Å². The average Bonchev–Trinajstić information content (AvgIpc) is 2.64. The fraction of sp³-hybridized carbons (Fsp3) is 0.429. The van der Waals surface area contributed by atoms with Gasteiger partial charge in [-0.3, -0.25) is 19.2 Å². The van der Waals surface area contributed by atoms with Gasteiger partial charge < -0.3 is 23.4 Å². The number of fused-ring (bicyclic) bond motifs is 1. The van der Waals surface area contributed by atoms with Crippen molar-refractivity contribution < 1.29 is 37.7 Å². The van der Waals surface area contributed by atoms with Crippen LogP contribution in [0, 0.1) is 6.92 Å². The van der Waals surface area contributed by atoms with E-state index in [2.05, 4.69) is 0 Å².